The van der Waals surface area contributed by atoms with Crippen molar-refractivity contribution >= 4 is 0 Å². The Labute approximate surface area is 123 Å². The molecule has 0 aromatic heterocycles. The van der Waals surface area contributed by atoms with E-state index < -0.39 is 0 Å². The van der Waals surface area contributed by atoms with Crippen LogP contribution in [0.15, 0.2) is 0 Å². The summed E-state index contributed by atoms with van der Waals surface area (Å²) in [6.45, 7) is 14.3. The van der Waals surface area contributed by atoms with Gasteiger partial charge in [-0.25, -0.2) is 0 Å². The lowest BCUT2D eigenvalue weighted by molar-refractivity contribution is 0.348. The maximum Gasteiger partial charge on any atom is -0.0440 e. The molecule has 3 unspecified atom stereocenters. The van der Waals surface area contributed by atoms with Gasteiger partial charge in [0.2, 0.25) is 0 Å². The minimum atomic E-state index is 0.882. The van der Waals surface area contributed by atoms with Gasteiger partial charge in [0.1, 0.15) is 0 Å². The second kappa shape index (κ2) is 11.8. The molecule has 0 aromatic carbocycles. The first-order valence-electron chi connectivity index (χ1n) is 8.95. The van der Waals surface area contributed by atoms with Crippen LogP contribution in [0, 0.1) is 23.7 Å². The standard InChI is InChI=1S/C19H40/c1-7-10-18(5)15-19(6)14-9-13-17(4)12-8-11-16(2)3/h16-19H,7-15H2,1-6H3. The summed E-state index contributed by atoms with van der Waals surface area (Å²) in [5.41, 5.74) is 0. The molecule has 0 nitrogen and oxygen atoms in total. The van der Waals surface area contributed by atoms with Gasteiger partial charge in [-0.05, 0) is 30.1 Å². The molecule has 0 spiro atoms. The van der Waals surface area contributed by atoms with Crippen molar-refractivity contribution in [2.75, 3.05) is 0 Å². The van der Waals surface area contributed by atoms with Gasteiger partial charge >= 0.3 is 0 Å². The van der Waals surface area contributed by atoms with E-state index in [0.29, 0.717) is 0 Å². The summed E-state index contributed by atoms with van der Waals surface area (Å²) >= 11 is 0. The van der Waals surface area contributed by atoms with Crippen molar-refractivity contribution in [1.82, 2.24) is 0 Å². The van der Waals surface area contributed by atoms with Crippen molar-refractivity contribution in [3.63, 3.8) is 0 Å². The number of hydrogen-bond donors (Lipinski definition) is 0. The van der Waals surface area contributed by atoms with E-state index in [-0.39, 0.29) is 0 Å². The van der Waals surface area contributed by atoms with Crippen molar-refractivity contribution in [3.05, 3.63) is 0 Å². The van der Waals surface area contributed by atoms with Gasteiger partial charge in [-0.1, -0.05) is 92.9 Å². The lowest BCUT2D eigenvalue weighted by Crippen LogP contribution is -2.04. The Morgan fingerprint density at radius 3 is 1.58 bits per heavy atom. The normalized spacial score (nSPS) is 16.6. The quantitative estimate of drug-likeness (QED) is 0.354. The summed E-state index contributed by atoms with van der Waals surface area (Å²) < 4.78 is 0. The minimum absolute atomic E-state index is 0.882. The second-order valence-corrected chi connectivity index (χ2v) is 7.60. The van der Waals surface area contributed by atoms with E-state index in [0.717, 1.165) is 23.7 Å². The van der Waals surface area contributed by atoms with Gasteiger partial charge < -0.3 is 0 Å². The molecule has 0 fully saturated rings. The zero-order chi connectivity index (χ0) is 14.7. The van der Waals surface area contributed by atoms with Crippen molar-refractivity contribution in [2.24, 2.45) is 23.7 Å². The lowest BCUT2D eigenvalue weighted by atomic mass is 9.88. The summed E-state index contributed by atoms with van der Waals surface area (Å²) in [5, 5.41) is 0. The third kappa shape index (κ3) is 12.8. The van der Waals surface area contributed by atoms with E-state index >= 15 is 0 Å². The summed E-state index contributed by atoms with van der Waals surface area (Å²) in [7, 11) is 0. The van der Waals surface area contributed by atoms with E-state index in [1.807, 2.05) is 0 Å². The molecule has 0 radical (unpaired) electrons. The molecule has 116 valence electrons. The highest BCUT2D eigenvalue weighted by atomic mass is 14.2. The van der Waals surface area contributed by atoms with Crippen molar-refractivity contribution < 1.29 is 0 Å². The van der Waals surface area contributed by atoms with Crippen LogP contribution in [0.2, 0.25) is 0 Å². The molecule has 0 aliphatic carbocycles. The van der Waals surface area contributed by atoms with Gasteiger partial charge in [0.25, 0.3) is 0 Å². The van der Waals surface area contributed by atoms with Crippen LogP contribution in [0.4, 0.5) is 0 Å². The second-order valence-electron chi connectivity index (χ2n) is 7.60. The predicted octanol–water partition coefficient (Wildman–Crippen LogP) is 7.08. The molecular formula is C19H40. The Hall–Kier alpha value is 0. The molecule has 0 aliphatic heterocycles. The van der Waals surface area contributed by atoms with Crippen molar-refractivity contribution in [3.8, 4) is 0 Å². The van der Waals surface area contributed by atoms with Gasteiger partial charge in [0.15, 0.2) is 0 Å². The fourth-order valence-corrected chi connectivity index (χ4v) is 3.25. The van der Waals surface area contributed by atoms with Crippen LogP contribution < -0.4 is 0 Å². The van der Waals surface area contributed by atoms with Crippen molar-refractivity contribution in [1.29, 1.82) is 0 Å². The minimum Gasteiger partial charge on any atom is -0.0654 e. The molecule has 0 bridgehead atoms. The molecule has 0 heterocycles. The van der Waals surface area contributed by atoms with E-state index in [1.54, 1.807) is 0 Å². The molecule has 0 aliphatic rings. The van der Waals surface area contributed by atoms with Gasteiger partial charge in [0, 0.05) is 0 Å². The maximum absolute atomic E-state index is 2.45. The summed E-state index contributed by atoms with van der Waals surface area (Å²) in [4.78, 5) is 0. The van der Waals surface area contributed by atoms with E-state index in [2.05, 4.69) is 41.5 Å². The van der Waals surface area contributed by atoms with Crippen LogP contribution in [0.25, 0.3) is 0 Å². The fraction of sp³-hybridized carbons (Fsp3) is 1.00. The molecular weight excluding hydrogens is 228 g/mol. The Morgan fingerprint density at radius 2 is 1.05 bits per heavy atom. The van der Waals surface area contributed by atoms with Crippen molar-refractivity contribution in [2.45, 2.75) is 99.3 Å². The van der Waals surface area contributed by atoms with Gasteiger partial charge in [-0.2, -0.15) is 0 Å². The molecule has 0 amide bonds. The highest BCUT2D eigenvalue weighted by Crippen LogP contribution is 2.23. The summed E-state index contributed by atoms with van der Waals surface area (Å²) in [6.07, 6.45) is 12.8. The third-order valence-electron chi connectivity index (χ3n) is 4.46. The number of hydrogen-bond acceptors (Lipinski definition) is 0. The van der Waals surface area contributed by atoms with Crippen LogP contribution in [-0.2, 0) is 0 Å². The highest BCUT2D eigenvalue weighted by molar-refractivity contribution is 4.62. The number of rotatable bonds is 12. The summed E-state index contributed by atoms with van der Waals surface area (Å²) in [5.74, 6) is 3.69. The zero-order valence-electron chi connectivity index (χ0n) is 14.7. The van der Waals surface area contributed by atoms with Gasteiger partial charge in [-0.15, -0.1) is 0 Å². The largest absolute Gasteiger partial charge is 0.0654 e. The fourth-order valence-electron chi connectivity index (χ4n) is 3.25. The molecule has 0 N–H and O–H groups in total. The molecule has 0 saturated heterocycles. The highest BCUT2D eigenvalue weighted by Gasteiger charge is 2.09. The average Bonchev–Trinajstić information content (AvgIpc) is 2.28. The van der Waals surface area contributed by atoms with Gasteiger partial charge in [-0.3, -0.25) is 0 Å². The monoisotopic (exact) mass is 268 g/mol. The maximum atomic E-state index is 2.45. The molecule has 0 aromatic rings. The first-order chi connectivity index (χ1) is 8.95. The lowest BCUT2D eigenvalue weighted by Gasteiger charge is -2.18. The Balaban J connectivity index is 3.50. The van der Waals surface area contributed by atoms with Crippen LogP contribution >= 0.6 is 0 Å². The Morgan fingerprint density at radius 1 is 0.579 bits per heavy atom. The SMILES string of the molecule is CCCC(C)CC(C)CCCC(C)CCCC(C)C. The third-order valence-corrected chi connectivity index (χ3v) is 4.46. The van der Waals surface area contributed by atoms with Gasteiger partial charge in [0.05, 0.1) is 0 Å². The molecule has 19 heavy (non-hydrogen) atoms. The first-order valence-corrected chi connectivity index (χ1v) is 8.95. The Bertz CT molecular complexity index is 182. The average molecular weight is 269 g/mol. The molecule has 3 atom stereocenters. The molecule has 0 rings (SSSR count). The smallest absolute Gasteiger partial charge is 0.0440 e. The topological polar surface area (TPSA) is 0 Å². The Kier molecular flexibility index (Phi) is 11.8. The molecule has 0 heteroatoms. The predicted molar refractivity (Wildman–Crippen MR) is 89.6 cm³/mol. The van der Waals surface area contributed by atoms with Crippen LogP contribution in [0.3, 0.4) is 0 Å². The molecule has 0 saturated carbocycles. The van der Waals surface area contributed by atoms with Crippen LogP contribution in [-0.4, -0.2) is 0 Å². The van der Waals surface area contributed by atoms with E-state index in [9.17, 15) is 0 Å². The van der Waals surface area contributed by atoms with Crippen LogP contribution in [0.1, 0.15) is 99.3 Å². The summed E-state index contributed by atoms with van der Waals surface area (Å²) in [6, 6.07) is 0. The zero-order valence-corrected chi connectivity index (χ0v) is 14.7. The van der Waals surface area contributed by atoms with E-state index in [4.69, 9.17) is 0 Å². The van der Waals surface area contributed by atoms with Crippen LogP contribution in [0.5, 0.6) is 0 Å². The van der Waals surface area contributed by atoms with E-state index in [1.165, 1.54) is 57.8 Å². The first kappa shape index (κ1) is 19.0.